The molecule has 6 atom stereocenters. The number of benzene rings is 4. The Labute approximate surface area is 284 Å². The molecule has 0 saturated carbocycles. The first kappa shape index (κ1) is 34.1. The highest BCUT2D eigenvalue weighted by Gasteiger charge is 2.51. The van der Waals surface area contributed by atoms with E-state index in [9.17, 15) is 0 Å². The van der Waals surface area contributed by atoms with Crippen LogP contribution >= 0.6 is 34.4 Å². The SMILES string of the molecule is COC(C)(CI)O[C@H]1[C@@H](OCc2ccccc2)[C@H](OCc2ccccc2)[C@@H](COCc2ccccc2)O[C@H]1Sc1ccccc1. The Kier molecular flexibility index (Phi) is 13.3. The fourth-order valence-corrected chi connectivity index (χ4v) is 6.70. The fourth-order valence-electron chi connectivity index (χ4n) is 5.08. The van der Waals surface area contributed by atoms with Gasteiger partial charge < -0.3 is 28.4 Å². The zero-order chi connectivity index (χ0) is 31.3. The smallest absolute Gasteiger partial charge is 0.174 e. The highest BCUT2D eigenvalue weighted by molar-refractivity contribution is 14.1. The van der Waals surface area contributed by atoms with Crippen molar-refractivity contribution in [3.05, 3.63) is 138 Å². The van der Waals surface area contributed by atoms with Gasteiger partial charge in [-0.05, 0) is 35.7 Å². The summed E-state index contributed by atoms with van der Waals surface area (Å²) >= 11 is 3.91. The third-order valence-electron chi connectivity index (χ3n) is 7.61. The largest absolute Gasteiger partial charge is 0.374 e. The third kappa shape index (κ3) is 10.1. The molecule has 4 aromatic carbocycles. The van der Waals surface area contributed by atoms with Gasteiger partial charge in [0.25, 0.3) is 0 Å². The Balaban J connectivity index is 1.48. The van der Waals surface area contributed by atoms with E-state index in [1.165, 1.54) is 0 Å². The first-order valence-electron chi connectivity index (χ1n) is 15.2. The van der Waals surface area contributed by atoms with Crippen LogP contribution in [0.25, 0.3) is 0 Å². The Hall–Kier alpha value is -2.28. The molecule has 0 amide bonds. The van der Waals surface area contributed by atoms with Crippen molar-refractivity contribution in [1.29, 1.82) is 0 Å². The molecule has 1 aliphatic heterocycles. The number of halogens is 1. The Morgan fingerprint density at radius 2 is 1.16 bits per heavy atom. The molecule has 0 aromatic heterocycles. The van der Waals surface area contributed by atoms with Gasteiger partial charge >= 0.3 is 0 Å². The van der Waals surface area contributed by atoms with E-state index < -0.39 is 35.6 Å². The molecule has 1 aliphatic rings. The number of hydrogen-bond acceptors (Lipinski definition) is 7. The molecule has 1 fully saturated rings. The number of ether oxygens (including phenoxy) is 6. The molecule has 0 aliphatic carbocycles. The fraction of sp³-hybridized carbons (Fsp3) is 0.351. The van der Waals surface area contributed by atoms with E-state index in [0.717, 1.165) is 21.6 Å². The quantitative estimate of drug-likeness (QED) is 0.0655. The van der Waals surface area contributed by atoms with E-state index in [1.54, 1.807) is 18.9 Å². The van der Waals surface area contributed by atoms with Crippen LogP contribution in [-0.2, 0) is 48.2 Å². The van der Waals surface area contributed by atoms with E-state index in [4.69, 9.17) is 28.4 Å². The van der Waals surface area contributed by atoms with Crippen molar-refractivity contribution in [1.82, 2.24) is 0 Å². The topological polar surface area (TPSA) is 55.4 Å². The highest BCUT2D eigenvalue weighted by Crippen LogP contribution is 2.40. The van der Waals surface area contributed by atoms with E-state index in [2.05, 4.69) is 71.1 Å². The van der Waals surface area contributed by atoms with E-state index in [1.807, 2.05) is 79.7 Å². The lowest BCUT2D eigenvalue weighted by Crippen LogP contribution is -2.62. The molecule has 5 rings (SSSR count). The summed E-state index contributed by atoms with van der Waals surface area (Å²) in [6.45, 7) is 3.53. The monoisotopic (exact) mass is 740 g/mol. The van der Waals surface area contributed by atoms with Crippen LogP contribution in [0, 0.1) is 0 Å². The number of thioether (sulfide) groups is 1. The van der Waals surface area contributed by atoms with Crippen molar-refractivity contribution in [3.8, 4) is 0 Å². The lowest BCUT2D eigenvalue weighted by molar-refractivity contribution is -0.304. The van der Waals surface area contributed by atoms with E-state index >= 15 is 0 Å². The standard InChI is InChI=1S/C37H41IO6S/c1-37(27-38,39-2)44-35-34(42-25-30-19-11-5-12-20-30)33(41-24-29-17-9-4-10-18-29)32(26-40-23-28-15-7-3-8-16-28)43-36(35)45-31-21-13-6-14-22-31/h3-22,32-36H,23-27H2,1-2H3/t32-,33-,34+,35+,36+,37?/m1/s1. The van der Waals surface area contributed by atoms with Gasteiger partial charge in [0.05, 0.1) is 30.9 Å². The second-order valence-electron chi connectivity index (χ2n) is 11.1. The van der Waals surface area contributed by atoms with Crippen LogP contribution in [0.3, 0.4) is 0 Å². The van der Waals surface area contributed by atoms with Gasteiger partial charge in [-0.2, -0.15) is 0 Å². The van der Waals surface area contributed by atoms with Crippen molar-refractivity contribution >= 4 is 34.4 Å². The first-order valence-corrected chi connectivity index (χ1v) is 17.6. The minimum absolute atomic E-state index is 0.325. The lowest BCUT2D eigenvalue weighted by Gasteiger charge is -2.48. The Morgan fingerprint density at radius 3 is 1.67 bits per heavy atom. The zero-order valence-electron chi connectivity index (χ0n) is 25.7. The predicted molar refractivity (Wildman–Crippen MR) is 186 cm³/mol. The second-order valence-corrected chi connectivity index (χ2v) is 13.0. The molecule has 0 spiro atoms. The minimum atomic E-state index is -0.862. The van der Waals surface area contributed by atoms with Gasteiger partial charge in [-0.3, -0.25) is 0 Å². The average Bonchev–Trinajstić information content (AvgIpc) is 3.09. The van der Waals surface area contributed by atoms with Gasteiger partial charge in [-0.1, -0.05) is 144 Å². The average molecular weight is 741 g/mol. The van der Waals surface area contributed by atoms with Crippen LogP contribution in [0.2, 0.25) is 0 Å². The summed E-state index contributed by atoms with van der Waals surface area (Å²) in [5.41, 5.74) is 2.81. The van der Waals surface area contributed by atoms with Crippen LogP contribution in [0.4, 0.5) is 0 Å². The molecule has 238 valence electrons. The van der Waals surface area contributed by atoms with Gasteiger partial charge in [0, 0.05) is 12.0 Å². The normalized spacial score (nSPS) is 23.0. The summed E-state index contributed by atoms with van der Waals surface area (Å²) in [5, 5.41) is 0. The molecule has 4 aromatic rings. The van der Waals surface area contributed by atoms with Gasteiger partial charge in [0.15, 0.2) is 5.79 Å². The maximum absolute atomic E-state index is 6.91. The van der Waals surface area contributed by atoms with Crippen LogP contribution in [-0.4, -0.2) is 53.8 Å². The van der Waals surface area contributed by atoms with Gasteiger partial charge in [0.2, 0.25) is 0 Å². The number of alkyl halides is 1. The van der Waals surface area contributed by atoms with Crippen LogP contribution in [0.5, 0.6) is 0 Å². The molecule has 0 N–H and O–H groups in total. The van der Waals surface area contributed by atoms with Crippen molar-refractivity contribution in [2.45, 2.75) is 67.3 Å². The number of rotatable bonds is 16. The summed E-state index contributed by atoms with van der Waals surface area (Å²) in [6.07, 6.45) is -1.93. The second kappa shape index (κ2) is 17.6. The van der Waals surface area contributed by atoms with E-state index in [-0.39, 0.29) is 0 Å². The number of hydrogen-bond donors (Lipinski definition) is 0. The maximum Gasteiger partial charge on any atom is 0.174 e. The minimum Gasteiger partial charge on any atom is -0.374 e. The van der Waals surface area contributed by atoms with Crippen LogP contribution in [0.1, 0.15) is 23.6 Å². The molecule has 1 saturated heterocycles. The summed E-state index contributed by atoms with van der Waals surface area (Å²) in [4.78, 5) is 1.07. The first-order chi connectivity index (χ1) is 22.1. The lowest BCUT2D eigenvalue weighted by atomic mass is 9.98. The molecule has 0 radical (unpaired) electrons. The van der Waals surface area contributed by atoms with Crippen LogP contribution in [0.15, 0.2) is 126 Å². The summed E-state index contributed by atoms with van der Waals surface area (Å²) in [6, 6.07) is 40.7. The van der Waals surface area contributed by atoms with Crippen molar-refractivity contribution in [2.24, 2.45) is 0 Å². The molecular weight excluding hydrogens is 699 g/mol. The Bertz CT molecular complexity index is 1380. The van der Waals surface area contributed by atoms with Crippen LogP contribution < -0.4 is 0 Å². The summed E-state index contributed by atoms with van der Waals surface area (Å²) in [7, 11) is 1.67. The summed E-state index contributed by atoms with van der Waals surface area (Å²) < 4.78 is 40.1. The third-order valence-corrected chi connectivity index (χ3v) is 10.2. The predicted octanol–water partition coefficient (Wildman–Crippen LogP) is 8.07. The van der Waals surface area contributed by atoms with Gasteiger partial charge in [-0.25, -0.2) is 0 Å². The number of methoxy groups -OCH3 is 1. The molecule has 0 bridgehead atoms. The summed E-state index contributed by atoms with van der Waals surface area (Å²) in [5.74, 6) is -0.862. The van der Waals surface area contributed by atoms with Crippen molar-refractivity contribution in [2.75, 3.05) is 18.1 Å². The molecule has 1 heterocycles. The highest BCUT2D eigenvalue weighted by atomic mass is 127. The molecule has 1 unspecified atom stereocenters. The van der Waals surface area contributed by atoms with Crippen molar-refractivity contribution < 1.29 is 28.4 Å². The Morgan fingerprint density at radius 1 is 0.667 bits per heavy atom. The maximum atomic E-state index is 6.91. The molecule has 6 nitrogen and oxygen atoms in total. The molecular formula is C37H41IO6S. The van der Waals surface area contributed by atoms with Gasteiger partial charge in [0.1, 0.15) is 29.9 Å². The van der Waals surface area contributed by atoms with Gasteiger partial charge in [-0.15, -0.1) is 0 Å². The van der Waals surface area contributed by atoms with E-state index in [0.29, 0.717) is 30.9 Å². The van der Waals surface area contributed by atoms with Crippen molar-refractivity contribution in [3.63, 3.8) is 0 Å². The molecule has 8 heteroatoms. The molecule has 45 heavy (non-hydrogen) atoms. The zero-order valence-corrected chi connectivity index (χ0v) is 28.7.